The lowest BCUT2D eigenvalue weighted by Crippen LogP contribution is -2.34. The second kappa shape index (κ2) is 7.74. The minimum Gasteiger partial charge on any atom is -0.356 e. The lowest BCUT2D eigenvalue weighted by Gasteiger charge is -2.25. The smallest absolute Gasteiger partial charge is 0.221 e. The molecule has 0 atom stereocenters. The van der Waals surface area contributed by atoms with E-state index in [1.54, 1.807) is 0 Å². The van der Waals surface area contributed by atoms with Crippen LogP contribution in [0.4, 0.5) is 0 Å². The van der Waals surface area contributed by atoms with Crippen LogP contribution in [0, 0.1) is 0 Å². The van der Waals surface area contributed by atoms with Crippen molar-refractivity contribution in [3.63, 3.8) is 0 Å². The Hall–Kier alpha value is -1.40. The van der Waals surface area contributed by atoms with E-state index in [-0.39, 0.29) is 5.91 Å². The van der Waals surface area contributed by atoms with Crippen molar-refractivity contribution in [3.8, 4) is 0 Å². The number of hydrogen-bond acceptors (Lipinski definition) is 4. The average Bonchev–Trinajstić information content (AvgIpc) is 2.97. The Morgan fingerprint density at radius 3 is 3.05 bits per heavy atom. The van der Waals surface area contributed by atoms with E-state index < -0.39 is 0 Å². The summed E-state index contributed by atoms with van der Waals surface area (Å²) in [4.78, 5) is 17.4. The van der Waals surface area contributed by atoms with Crippen LogP contribution >= 0.6 is 0 Å². The molecule has 2 heterocycles. The number of aryl methyl sites for hydroxylation is 1. The maximum Gasteiger partial charge on any atom is 0.221 e. The molecule has 1 saturated heterocycles. The van der Waals surface area contributed by atoms with Gasteiger partial charge in [0, 0.05) is 38.2 Å². The van der Waals surface area contributed by atoms with E-state index in [9.17, 15) is 4.79 Å². The number of amides is 1. The summed E-state index contributed by atoms with van der Waals surface area (Å²) in [5.74, 6) is 0.0959. The molecule has 1 amide bonds. The van der Waals surface area contributed by atoms with E-state index in [1.165, 1.54) is 24.1 Å². The number of rotatable bonds is 6. The summed E-state index contributed by atoms with van der Waals surface area (Å²) in [5.41, 5.74) is 3.83. The van der Waals surface area contributed by atoms with Gasteiger partial charge in [-0.05, 0) is 44.1 Å². The molecule has 122 valence electrons. The molecule has 2 N–H and O–H groups in total. The molecule has 1 fully saturated rings. The van der Waals surface area contributed by atoms with Crippen LogP contribution in [0.2, 0.25) is 0 Å². The largest absolute Gasteiger partial charge is 0.356 e. The molecule has 0 saturated carbocycles. The van der Waals surface area contributed by atoms with Crippen LogP contribution in [0.25, 0.3) is 0 Å². The van der Waals surface area contributed by atoms with Crippen LogP contribution in [0.3, 0.4) is 0 Å². The zero-order valence-electron chi connectivity index (χ0n) is 13.2. The van der Waals surface area contributed by atoms with Gasteiger partial charge in [0.05, 0.1) is 12.3 Å². The zero-order valence-corrected chi connectivity index (χ0v) is 13.2. The van der Waals surface area contributed by atoms with Crippen molar-refractivity contribution in [2.24, 2.45) is 0 Å². The molecule has 3 rings (SSSR count). The van der Waals surface area contributed by atoms with Crippen molar-refractivity contribution < 1.29 is 9.63 Å². The number of aromatic amines is 1. The standard InChI is InChI=1S/C16H26N4O2/c21-16(8-11-20-10-3-4-12-22-20)17-9-7-15-13-5-1-2-6-14(13)18-19-15/h1-12H2,(H,17,21)(H,18,19). The molecule has 0 radical (unpaired) electrons. The molecule has 0 spiro atoms. The van der Waals surface area contributed by atoms with Gasteiger partial charge >= 0.3 is 0 Å². The first-order valence-corrected chi connectivity index (χ1v) is 8.52. The van der Waals surface area contributed by atoms with E-state index in [0.717, 1.165) is 50.9 Å². The van der Waals surface area contributed by atoms with Gasteiger partial charge in [0.2, 0.25) is 5.91 Å². The highest BCUT2D eigenvalue weighted by Gasteiger charge is 2.17. The van der Waals surface area contributed by atoms with Crippen LogP contribution in [0.1, 0.15) is 49.1 Å². The molecular formula is C16H26N4O2. The van der Waals surface area contributed by atoms with Crippen molar-refractivity contribution in [1.29, 1.82) is 0 Å². The number of hydroxylamine groups is 2. The van der Waals surface area contributed by atoms with E-state index >= 15 is 0 Å². The van der Waals surface area contributed by atoms with Gasteiger partial charge in [-0.15, -0.1) is 0 Å². The number of hydrogen-bond donors (Lipinski definition) is 2. The molecule has 0 bridgehead atoms. The van der Waals surface area contributed by atoms with Gasteiger partial charge in [0.15, 0.2) is 0 Å². The summed E-state index contributed by atoms with van der Waals surface area (Å²) in [5, 5.41) is 12.5. The average molecular weight is 306 g/mol. The number of nitrogens with one attached hydrogen (secondary N) is 2. The molecule has 1 aromatic heterocycles. The third-order valence-corrected chi connectivity index (χ3v) is 4.49. The predicted molar refractivity (Wildman–Crippen MR) is 83.3 cm³/mol. The van der Waals surface area contributed by atoms with Crippen molar-refractivity contribution in [1.82, 2.24) is 20.6 Å². The second-order valence-electron chi connectivity index (χ2n) is 6.15. The molecule has 1 aliphatic heterocycles. The fourth-order valence-electron chi connectivity index (χ4n) is 3.22. The normalized spacial score (nSPS) is 18.9. The topological polar surface area (TPSA) is 70.2 Å². The summed E-state index contributed by atoms with van der Waals surface area (Å²) >= 11 is 0. The quantitative estimate of drug-likeness (QED) is 0.833. The monoisotopic (exact) mass is 306 g/mol. The molecule has 6 heteroatoms. The lowest BCUT2D eigenvalue weighted by atomic mass is 9.95. The first kappa shape index (κ1) is 15.5. The minimum absolute atomic E-state index is 0.0959. The minimum atomic E-state index is 0.0959. The SMILES string of the molecule is O=C(CCN1CCCCO1)NCCc1n[nH]c2c1CCCC2. The van der Waals surface area contributed by atoms with E-state index in [1.807, 2.05) is 5.06 Å². The Bertz CT molecular complexity index is 494. The van der Waals surface area contributed by atoms with Gasteiger partial charge in [-0.2, -0.15) is 10.2 Å². The first-order chi connectivity index (χ1) is 10.8. The number of H-pyrrole nitrogens is 1. The summed E-state index contributed by atoms with van der Waals surface area (Å²) in [7, 11) is 0. The third kappa shape index (κ3) is 4.08. The molecule has 0 unspecified atom stereocenters. The highest BCUT2D eigenvalue weighted by atomic mass is 16.7. The molecule has 6 nitrogen and oxygen atoms in total. The Morgan fingerprint density at radius 1 is 1.27 bits per heavy atom. The summed E-state index contributed by atoms with van der Waals surface area (Å²) in [6.07, 6.45) is 8.34. The summed E-state index contributed by atoms with van der Waals surface area (Å²) in [6, 6.07) is 0. The highest BCUT2D eigenvalue weighted by molar-refractivity contribution is 5.76. The third-order valence-electron chi connectivity index (χ3n) is 4.49. The molecule has 2 aliphatic rings. The van der Waals surface area contributed by atoms with Crippen LogP contribution in [-0.4, -0.2) is 47.4 Å². The van der Waals surface area contributed by atoms with Crippen molar-refractivity contribution >= 4 is 5.91 Å². The zero-order chi connectivity index (χ0) is 15.2. The van der Waals surface area contributed by atoms with E-state index in [4.69, 9.17) is 4.84 Å². The van der Waals surface area contributed by atoms with Crippen molar-refractivity contribution in [2.45, 2.75) is 51.4 Å². The fraction of sp³-hybridized carbons (Fsp3) is 0.750. The molecule has 1 aromatic rings. The Morgan fingerprint density at radius 2 is 2.18 bits per heavy atom. The van der Waals surface area contributed by atoms with E-state index in [0.29, 0.717) is 19.5 Å². The number of carbonyl (C=O) groups is 1. The van der Waals surface area contributed by atoms with Crippen LogP contribution in [0.5, 0.6) is 0 Å². The maximum atomic E-state index is 11.9. The summed E-state index contributed by atoms with van der Waals surface area (Å²) in [6.45, 7) is 3.07. The van der Waals surface area contributed by atoms with Gasteiger partial charge in [-0.3, -0.25) is 14.7 Å². The van der Waals surface area contributed by atoms with Gasteiger partial charge in [-0.25, -0.2) is 0 Å². The lowest BCUT2D eigenvalue weighted by molar-refractivity contribution is -0.181. The van der Waals surface area contributed by atoms with Crippen LogP contribution < -0.4 is 5.32 Å². The van der Waals surface area contributed by atoms with Crippen molar-refractivity contribution in [3.05, 3.63) is 17.0 Å². The highest BCUT2D eigenvalue weighted by Crippen LogP contribution is 2.22. The first-order valence-electron chi connectivity index (χ1n) is 8.52. The van der Waals surface area contributed by atoms with Crippen LogP contribution in [0.15, 0.2) is 0 Å². The molecule has 22 heavy (non-hydrogen) atoms. The number of nitrogens with zero attached hydrogens (tertiary/aromatic N) is 2. The summed E-state index contributed by atoms with van der Waals surface area (Å²) < 4.78 is 0. The molecular weight excluding hydrogens is 280 g/mol. The maximum absolute atomic E-state index is 11.9. The van der Waals surface area contributed by atoms with E-state index in [2.05, 4.69) is 15.5 Å². The number of aromatic nitrogens is 2. The van der Waals surface area contributed by atoms with Crippen molar-refractivity contribution in [2.75, 3.05) is 26.2 Å². The van der Waals surface area contributed by atoms with Gasteiger partial charge in [0.1, 0.15) is 0 Å². The van der Waals surface area contributed by atoms with Gasteiger partial charge in [-0.1, -0.05) is 0 Å². The number of carbonyl (C=O) groups excluding carboxylic acids is 1. The van der Waals surface area contributed by atoms with Crippen LogP contribution in [-0.2, 0) is 28.9 Å². The Kier molecular flexibility index (Phi) is 5.45. The second-order valence-corrected chi connectivity index (χ2v) is 6.15. The number of fused-ring (bicyclic) bond motifs is 1. The van der Waals surface area contributed by atoms with Gasteiger partial charge < -0.3 is 5.32 Å². The molecule has 1 aliphatic carbocycles. The van der Waals surface area contributed by atoms with Gasteiger partial charge in [0.25, 0.3) is 0 Å². The Balaban J connectivity index is 1.35. The predicted octanol–water partition coefficient (Wildman–Crippen LogP) is 1.36. The Labute approximate surface area is 131 Å². The molecule has 0 aromatic carbocycles. The fourth-order valence-corrected chi connectivity index (χ4v) is 3.22.